The minimum absolute atomic E-state index is 0.174. The smallest absolute Gasteiger partial charge is 0.206 e. The predicted octanol–water partition coefficient (Wildman–Crippen LogP) is 4.21. The molecule has 1 saturated carbocycles. The Bertz CT molecular complexity index is 1280. The number of thioether (sulfide) groups is 1. The van der Waals surface area contributed by atoms with Gasteiger partial charge in [0.15, 0.2) is 5.94 Å². The van der Waals surface area contributed by atoms with E-state index in [2.05, 4.69) is 20.5 Å². The van der Waals surface area contributed by atoms with Gasteiger partial charge in [-0.1, -0.05) is 18.2 Å². The predicted molar refractivity (Wildman–Crippen MR) is 151 cm³/mol. The van der Waals surface area contributed by atoms with Crippen molar-refractivity contribution in [3.05, 3.63) is 41.3 Å². The fourth-order valence-electron chi connectivity index (χ4n) is 5.74. The van der Waals surface area contributed by atoms with Crippen LogP contribution < -0.4 is 4.72 Å². The molecule has 1 spiro atoms. The SMILES string of the molecule is CN1C(=C=O)C(Sc2ccnc3c2ccn3C)=CN=C1N1CCC2(CCC[C@H]2N[S+]([O-])C(C)(C)C)CC1. The number of nitrogens with zero attached hydrogens (tertiary/aromatic N) is 5. The van der Waals surface area contributed by atoms with Crippen LogP contribution in [0, 0.1) is 5.41 Å². The van der Waals surface area contributed by atoms with Gasteiger partial charge in [-0.05, 0) is 64.0 Å². The summed E-state index contributed by atoms with van der Waals surface area (Å²) < 4.78 is 18.0. The molecule has 0 bridgehead atoms. The van der Waals surface area contributed by atoms with Crippen LogP contribution >= 0.6 is 11.8 Å². The van der Waals surface area contributed by atoms with Crippen molar-refractivity contribution in [3.63, 3.8) is 0 Å². The Morgan fingerprint density at radius 1 is 1.22 bits per heavy atom. The third-order valence-electron chi connectivity index (χ3n) is 7.96. The number of hydrogen-bond acceptors (Lipinski definition) is 8. The molecule has 10 heteroatoms. The largest absolute Gasteiger partial charge is 0.598 e. The Balaban J connectivity index is 1.31. The first-order valence-corrected chi connectivity index (χ1v) is 14.9. The van der Waals surface area contributed by atoms with E-state index in [1.165, 1.54) is 24.6 Å². The number of rotatable bonds is 4. The fraction of sp³-hybridized carbons (Fsp3) is 0.556. The molecule has 2 atom stereocenters. The summed E-state index contributed by atoms with van der Waals surface area (Å²) in [7, 11) is 3.87. The molecule has 1 unspecified atom stereocenters. The van der Waals surface area contributed by atoms with Gasteiger partial charge in [0, 0.05) is 67.4 Å². The van der Waals surface area contributed by atoms with E-state index in [-0.39, 0.29) is 16.2 Å². The monoisotopic (exact) mass is 540 g/mol. The number of nitrogens with one attached hydrogen (secondary N) is 1. The van der Waals surface area contributed by atoms with Crippen molar-refractivity contribution >= 4 is 46.1 Å². The first-order chi connectivity index (χ1) is 17.6. The molecule has 4 heterocycles. The molecular formula is C27H36N6O2S2. The summed E-state index contributed by atoms with van der Waals surface area (Å²) in [6.07, 6.45) is 11.0. The van der Waals surface area contributed by atoms with Crippen LogP contribution in [0.25, 0.3) is 11.0 Å². The first kappa shape index (κ1) is 26.4. The molecule has 198 valence electrons. The number of pyridine rings is 1. The molecule has 0 radical (unpaired) electrons. The van der Waals surface area contributed by atoms with Gasteiger partial charge in [0.2, 0.25) is 5.96 Å². The van der Waals surface area contributed by atoms with Crippen molar-refractivity contribution in [2.24, 2.45) is 17.5 Å². The number of aromatic nitrogens is 2. The Hall–Kier alpha value is -2.23. The third-order valence-corrected chi connectivity index (χ3v) is 10.7. The number of likely N-dealkylation sites (N-methyl/N-ethyl adjacent to an activating group) is 1. The van der Waals surface area contributed by atoms with Gasteiger partial charge >= 0.3 is 0 Å². The van der Waals surface area contributed by atoms with Crippen molar-refractivity contribution in [2.45, 2.75) is 68.6 Å². The van der Waals surface area contributed by atoms with Gasteiger partial charge in [-0.2, -0.15) is 0 Å². The third kappa shape index (κ3) is 4.98. The number of likely N-dealkylation sites (tertiary alicyclic amines) is 1. The maximum atomic E-state index is 12.8. The molecule has 2 fully saturated rings. The second kappa shape index (κ2) is 10.2. The normalized spacial score (nSPS) is 22.9. The van der Waals surface area contributed by atoms with Gasteiger partial charge in [-0.15, -0.1) is 4.72 Å². The summed E-state index contributed by atoms with van der Waals surface area (Å²) >= 11 is 0.454. The van der Waals surface area contributed by atoms with Gasteiger partial charge in [0.05, 0.1) is 10.9 Å². The van der Waals surface area contributed by atoms with Gasteiger partial charge < -0.3 is 18.9 Å². The van der Waals surface area contributed by atoms with E-state index in [0.717, 1.165) is 59.1 Å². The van der Waals surface area contributed by atoms with Gasteiger partial charge in [-0.25, -0.2) is 14.8 Å². The minimum atomic E-state index is -1.07. The van der Waals surface area contributed by atoms with E-state index in [0.29, 0.717) is 5.70 Å². The highest BCUT2D eigenvalue weighted by Gasteiger charge is 2.48. The van der Waals surface area contributed by atoms with E-state index in [4.69, 9.17) is 4.99 Å². The van der Waals surface area contributed by atoms with Crippen molar-refractivity contribution < 1.29 is 9.35 Å². The minimum Gasteiger partial charge on any atom is -0.598 e. The lowest BCUT2D eigenvalue weighted by Crippen LogP contribution is -2.55. The zero-order valence-electron chi connectivity index (χ0n) is 22.3. The van der Waals surface area contributed by atoms with E-state index >= 15 is 0 Å². The maximum Gasteiger partial charge on any atom is 0.206 e. The summed E-state index contributed by atoms with van der Waals surface area (Å²) in [5.41, 5.74) is 1.58. The highest BCUT2D eigenvalue weighted by molar-refractivity contribution is 8.03. The van der Waals surface area contributed by atoms with Crippen LogP contribution in [0.5, 0.6) is 0 Å². The molecule has 1 N–H and O–H groups in total. The molecule has 2 aliphatic heterocycles. The molecule has 2 aromatic rings. The average molecular weight is 541 g/mol. The highest BCUT2D eigenvalue weighted by atomic mass is 32.2. The van der Waals surface area contributed by atoms with Crippen molar-refractivity contribution in [3.8, 4) is 0 Å². The molecule has 0 aromatic carbocycles. The zero-order chi connectivity index (χ0) is 26.4. The molecule has 5 rings (SSSR count). The molecule has 37 heavy (non-hydrogen) atoms. The summed E-state index contributed by atoms with van der Waals surface area (Å²) in [6, 6.07) is 4.30. The van der Waals surface area contributed by atoms with Crippen molar-refractivity contribution in [1.29, 1.82) is 0 Å². The number of hydrogen-bond donors (Lipinski definition) is 1. The van der Waals surface area contributed by atoms with Crippen LogP contribution in [0.1, 0.15) is 52.9 Å². The lowest BCUT2D eigenvalue weighted by Gasteiger charge is -2.45. The maximum absolute atomic E-state index is 12.8. The summed E-state index contributed by atoms with van der Waals surface area (Å²) in [6.45, 7) is 7.79. The number of aryl methyl sites for hydroxylation is 1. The number of piperidine rings is 1. The molecule has 8 nitrogen and oxygen atoms in total. The number of guanidine groups is 1. The lowest BCUT2D eigenvalue weighted by atomic mass is 9.74. The molecule has 3 aliphatic rings. The average Bonchev–Trinajstić information content (AvgIpc) is 3.43. The van der Waals surface area contributed by atoms with Gasteiger partial charge in [0.25, 0.3) is 0 Å². The summed E-state index contributed by atoms with van der Waals surface area (Å²) in [5, 5.41) is 1.05. The van der Waals surface area contributed by atoms with Crippen molar-refractivity contribution in [1.82, 2.24) is 24.1 Å². The van der Waals surface area contributed by atoms with Crippen LogP contribution in [0.3, 0.4) is 0 Å². The van der Waals surface area contributed by atoms with Gasteiger partial charge in [0.1, 0.15) is 16.1 Å². The number of carbonyl (C=O) groups excluding carboxylic acids is 1. The first-order valence-electron chi connectivity index (χ1n) is 12.9. The number of aliphatic imine (C=N–C) groups is 1. The van der Waals surface area contributed by atoms with E-state index in [9.17, 15) is 9.35 Å². The van der Waals surface area contributed by atoms with Crippen LogP contribution in [0.4, 0.5) is 0 Å². The Morgan fingerprint density at radius 3 is 2.68 bits per heavy atom. The standard InChI is InChI=1S/C27H36N6O2S2/c1-26(2,3)37(35)30-23-7-6-10-27(23)11-15-33(16-12-27)25-29-17-22(20(18-34)32(25)5)36-21-8-13-28-24-19(21)9-14-31(24)4/h8-9,13-14,17,23,30H,6-7,10-12,15-16H2,1-5H3/t23-,37?/m1/s1. The van der Waals surface area contributed by atoms with Crippen LogP contribution in [0.2, 0.25) is 0 Å². The van der Waals surface area contributed by atoms with Crippen LogP contribution in [0.15, 0.2) is 51.2 Å². The van der Waals surface area contributed by atoms with E-state index < -0.39 is 11.4 Å². The van der Waals surface area contributed by atoms with Crippen LogP contribution in [-0.4, -0.2) is 66.7 Å². The number of fused-ring (bicyclic) bond motifs is 1. The molecular weight excluding hydrogens is 504 g/mol. The zero-order valence-corrected chi connectivity index (χ0v) is 23.9. The Kier molecular flexibility index (Phi) is 7.24. The fourth-order valence-corrected chi connectivity index (χ4v) is 7.74. The van der Waals surface area contributed by atoms with E-state index in [1.54, 1.807) is 12.4 Å². The summed E-state index contributed by atoms with van der Waals surface area (Å²) in [5.74, 6) is 2.96. The van der Waals surface area contributed by atoms with Gasteiger partial charge in [-0.3, -0.25) is 0 Å². The molecule has 1 aliphatic carbocycles. The highest BCUT2D eigenvalue weighted by Crippen LogP contribution is 2.47. The van der Waals surface area contributed by atoms with Crippen LogP contribution in [-0.2, 0) is 23.2 Å². The Morgan fingerprint density at radius 2 is 1.97 bits per heavy atom. The molecule has 1 saturated heterocycles. The quantitative estimate of drug-likeness (QED) is 0.459. The second-order valence-corrected chi connectivity index (χ2v) is 14.4. The molecule has 2 aromatic heterocycles. The topological polar surface area (TPSA) is 88.8 Å². The van der Waals surface area contributed by atoms with Crippen molar-refractivity contribution in [2.75, 3.05) is 20.1 Å². The lowest BCUT2D eigenvalue weighted by molar-refractivity contribution is 0.122. The summed E-state index contributed by atoms with van der Waals surface area (Å²) in [4.78, 5) is 27.3. The Labute approximate surface area is 226 Å². The molecule has 0 amide bonds. The van der Waals surface area contributed by atoms with E-state index in [1.807, 2.05) is 62.7 Å². The second-order valence-electron chi connectivity index (χ2n) is 11.3.